The molecule has 3 rings (SSSR count). The van der Waals surface area contributed by atoms with Crippen LogP contribution in [0, 0.1) is 5.41 Å². The van der Waals surface area contributed by atoms with E-state index < -0.39 is 15.3 Å². The molecule has 1 aromatic rings. The van der Waals surface area contributed by atoms with Crippen LogP contribution < -0.4 is 9.64 Å². The number of benzene rings is 1. The van der Waals surface area contributed by atoms with Crippen LogP contribution >= 0.6 is 11.8 Å². The van der Waals surface area contributed by atoms with Crippen molar-refractivity contribution in [2.75, 3.05) is 23.0 Å². The molecule has 2 aliphatic heterocycles. The second kappa shape index (κ2) is 8.06. The van der Waals surface area contributed by atoms with Gasteiger partial charge in [0.05, 0.1) is 24.2 Å². The fraction of sp³-hybridized carbons (Fsp3) is 0.600. The number of aliphatic imine (C=N–C) groups is 1. The molecule has 2 atom stereocenters. The van der Waals surface area contributed by atoms with Crippen LogP contribution in [0.15, 0.2) is 29.3 Å². The maximum absolute atomic E-state index is 12.5. The molecule has 0 bridgehead atoms. The van der Waals surface area contributed by atoms with Gasteiger partial charge in [-0.2, -0.15) is 4.99 Å². The molecule has 0 aromatic heterocycles. The van der Waals surface area contributed by atoms with E-state index >= 15 is 0 Å². The number of ether oxygens (including phenoxy) is 1. The molecule has 0 aliphatic carbocycles. The van der Waals surface area contributed by atoms with Gasteiger partial charge in [0.25, 0.3) is 5.91 Å². The third kappa shape index (κ3) is 4.71. The third-order valence-corrected chi connectivity index (χ3v) is 7.98. The topological polar surface area (TPSA) is 76.0 Å². The number of carbonyl (C=O) groups excluding carboxylic acids is 1. The van der Waals surface area contributed by atoms with Crippen molar-refractivity contribution < 1.29 is 17.9 Å². The zero-order chi connectivity index (χ0) is 20.5. The van der Waals surface area contributed by atoms with Crippen molar-refractivity contribution >= 4 is 38.4 Å². The molecule has 154 valence electrons. The van der Waals surface area contributed by atoms with Gasteiger partial charge < -0.3 is 9.64 Å². The number of thioether (sulfide) groups is 1. The summed E-state index contributed by atoms with van der Waals surface area (Å²) in [4.78, 5) is 18.8. The highest BCUT2D eigenvalue weighted by atomic mass is 32.2. The largest absolute Gasteiger partial charge is 0.494 e. The highest BCUT2D eigenvalue weighted by Gasteiger charge is 2.49. The van der Waals surface area contributed by atoms with Gasteiger partial charge in [0, 0.05) is 22.4 Å². The second-order valence-corrected chi connectivity index (χ2v) is 11.7. The number of hydrogen-bond acceptors (Lipinski definition) is 5. The number of sulfone groups is 1. The van der Waals surface area contributed by atoms with Crippen molar-refractivity contribution in [1.29, 1.82) is 0 Å². The first-order chi connectivity index (χ1) is 13.1. The lowest BCUT2D eigenvalue weighted by molar-refractivity contribution is -0.124. The number of hydrogen-bond donors (Lipinski definition) is 0. The zero-order valence-electron chi connectivity index (χ0n) is 16.8. The summed E-state index contributed by atoms with van der Waals surface area (Å²) in [6.45, 7) is 8.24. The molecule has 1 aromatic carbocycles. The molecule has 0 spiro atoms. The van der Waals surface area contributed by atoms with Crippen molar-refractivity contribution in [1.82, 2.24) is 0 Å². The summed E-state index contributed by atoms with van der Waals surface area (Å²) in [5, 5.41) is 0.469. The first-order valence-electron chi connectivity index (χ1n) is 9.63. The highest BCUT2D eigenvalue weighted by molar-refractivity contribution is 8.16. The van der Waals surface area contributed by atoms with Crippen LogP contribution in [0.5, 0.6) is 5.75 Å². The van der Waals surface area contributed by atoms with Gasteiger partial charge in [0.15, 0.2) is 15.0 Å². The lowest BCUT2D eigenvalue weighted by atomic mass is 9.96. The quantitative estimate of drug-likeness (QED) is 0.673. The molecule has 2 fully saturated rings. The molecule has 1 amide bonds. The van der Waals surface area contributed by atoms with Crippen LogP contribution in [0.25, 0.3) is 0 Å². The SMILES string of the molecule is CCCCOc1cccc(N2C(=NC(=O)C(C)(C)C)S[C@H]3CS(=O)(=O)C[C@H]32)c1. The Morgan fingerprint density at radius 3 is 2.75 bits per heavy atom. The molecule has 0 saturated carbocycles. The molecule has 6 nitrogen and oxygen atoms in total. The first-order valence-corrected chi connectivity index (χ1v) is 12.3. The standard InChI is InChI=1S/C20H28N2O4S2/c1-5-6-10-26-15-9-7-8-14(11-15)22-16-12-28(24,25)13-17(16)27-19(22)21-18(23)20(2,3)4/h7-9,11,16-17H,5-6,10,12-13H2,1-4H3/t16-,17+/m1/s1. The van der Waals surface area contributed by atoms with Gasteiger partial charge in [0.2, 0.25) is 0 Å². The van der Waals surface area contributed by atoms with E-state index in [1.165, 1.54) is 11.8 Å². The van der Waals surface area contributed by atoms with E-state index in [1.807, 2.05) is 49.9 Å². The summed E-state index contributed by atoms with van der Waals surface area (Å²) in [5.74, 6) is 0.725. The predicted molar refractivity (Wildman–Crippen MR) is 115 cm³/mol. The number of amides is 1. The lowest BCUT2D eigenvalue weighted by Gasteiger charge is -2.25. The van der Waals surface area contributed by atoms with Gasteiger partial charge >= 0.3 is 0 Å². The van der Waals surface area contributed by atoms with Gasteiger partial charge in [-0.25, -0.2) is 8.42 Å². The third-order valence-electron chi connectivity index (χ3n) is 4.77. The Kier molecular flexibility index (Phi) is 6.10. The monoisotopic (exact) mass is 424 g/mol. The molecule has 0 radical (unpaired) electrons. The molecule has 2 heterocycles. The van der Waals surface area contributed by atoms with Gasteiger partial charge in [-0.15, -0.1) is 0 Å². The predicted octanol–water partition coefficient (Wildman–Crippen LogP) is 3.51. The summed E-state index contributed by atoms with van der Waals surface area (Å²) < 4.78 is 30.2. The Labute approximate surface area is 171 Å². The van der Waals surface area contributed by atoms with Gasteiger partial charge in [0.1, 0.15) is 5.75 Å². The van der Waals surface area contributed by atoms with E-state index in [2.05, 4.69) is 11.9 Å². The van der Waals surface area contributed by atoms with Crippen molar-refractivity contribution in [3.05, 3.63) is 24.3 Å². The number of anilines is 1. The summed E-state index contributed by atoms with van der Waals surface area (Å²) in [5.41, 5.74) is 0.222. The number of amidine groups is 1. The van der Waals surface area contributed by atoms with Crippen LogP contribution in [0.1, 0.15) is 40.5 Å². The lowest BCUT2D eigenvalue weighted by Crippen LogP contribution is -2.38. The minimum atomic E-state index is -3.09. The van der Waals surface area contributed by atoms with Crippen LogP contribution in [0.4, 0.5) is 5.69 Å². The van der Waals surface area contributed by atoms with E-state index in [9.17, 15) is 13.2 Å². The van der Waals surface area contributed by atoms with Crippen molar-refractivity contribution in [3.63, 3.8) is 0 Å². The van der Waals surface area contributed by atoms with Crippen molar-refractivity contribution in [2.24, 2.45) is 10.4 Å². The van der Waals surface area contributed by atoms with E-state index in [0.29, 0.717) is 11.8 Å². The second-order valence-electron chi connectivity index (χ2n) is 8.32. The summed E-state index contributed by atoms with van der Waals surface area (Å²) in [7, 11) is -3.09. The maximum Gasteiger partial charge on any atom is 0.253 e. The number of nitrogens with zero attached hydrogens (tertiary/aromatic N) is 2. The summed E-state index contributed by atoms with van der Waals surface area (Å²) >= 11 is 1.39. The van der Waals surface area contributed by atoms with Crippen LogP contribution in [0.2, 0.25) is 0 Å². The number of rotatable bonds is 5. The Bertz CT molecular complexity index is 874. The van der Waals surface area contributed by atoms with Gasteiger partial charge in [-0.1, -0.05) is 51.9 Å². The van der Waals surface area contributed by atoms with E-state index in [-0.39, 0.29) is 28.7 Å². The van der Waals surface area contributed by atoms with Crippen LogP contribution in [0.3, 0.4) is 0 Å². The summed E-state index contributed by atoms with van der Waals surface area (Å²) in [6.07, 6.45) is 2.02. The minimum absolute atomic E-state index is 0.0777. The van der Waals surface area contributed by atoms with Crippen LogP contribution in [-0.2, 0) is 14.6 Å². The van der Waals surface area contributed by atoms with Crippen LogP contribution in [-0.4, -0.2) is 48.9 Å². The van der Waals surface area contributed by atoms with Crippen molar-refractivity contribution in [3.8, 4) is 5.75 Å². The molecular formula is C20H28N2O4S2. The van der Waals surface area contributed by atoms with Gasteiger partial charge in [-0.05, 0) is 18.6 Å². The molecule has 28 heavy (non-hydrogen) atoms. The molecule has 0 N–H and O–H groups in total. The summed E-state index contributed by atoms with van der Waals surface area (Å²) in [6, 6.07) is 7.38. The Balaban J connectivity index is 1.94. The minimum Gasteiger partial charge on any atom is -0.494 e. The normalized spacial score (nSPS) is 25.1. The van der Waals surface area contributed by atoms with E-state index in [0.717, 1.165) is 24.3 Å². The van der Waals surface area contributed by atoms with Gasteiger partial charge in [-0.3, -0.25) is 4.79 Å². The number of fused-ring (bicyclic) bond motifs is 1. The Hall–Kier alpha value is -1.54. The molecule has 2 aliphatic rings. The van der Waals surface area contributed by atoms with E-state index in [4.69, 9.17) is 4.74 Å². The fourth-order valence-corrected chi connectivity index (χ4v) is 7.09. The number of unbranched alkanes of at least 4 members (excludes halogenated alkanes) is 1. The average Bonchev–Trinajstić information content (AvgIpc) is 3.05. The fourth-order valence-electron chi connectivity index (χ4n) is 3.18. The smallest absolute Gasteiger partial charge is 0.253 e. The van der Waals surface area contributed by atoms with E-state index in [1.54, 1.807) is 0 Å². The highest BCUT2D eigenvalue weighted by Crippen LogP contribution is 2.42. The first kappa shape index (κ1) is 21.2. The number of carbonyl (C=O) groups is 1. The van der Waals surface area contributed by atoms with Crippen molar-refractivity contribution in [2.45, 2.75) is 51.8 Å². The Morgan fingerprint density at radius 1 is 1.32 bits per heavy atom. The molecule has 2 saturated heterocycles. The Morgan fingerprint density at radius 2 is 2.07 bits per heavy atom. The maximum atomic E-state index is 12.5. The molecule has 0 unspecified atom stereocenters. The molecular weight excluding hydrogens is 396 g/mol. The zero-order valence-corrected chi connectivity index (χ0v) is 18.5. The average molecular weight is 425 g/mol. The molecule has 8 heteroatoms.